The highest BCUT2D eigenvalue weighted by molar-refractivity contribution is 5.81. The quantitative estimate of drug-likeness (QED) is 0.812. The number of fused-ring (bicyclic) bond motifs is 1. The van der Waals surface area contributed by atoms with Crippen LogP contribution in [0.15, 0.2) is 18.2 Å². The van der Waals surface area contributed by atoms with Crippen LogP contribution in [0.5, 0.6) is 11.5 Å². The number of amides is 1. The van der Waals surface area contributed by atoms with Crippen molar-refractivity contribution in [2.45, 2.75) is 31.7 Å². The Morgan fingerprint density at radius 1 is 1.22 bits per heavy atom. The number of esters is 1. The molecule has 6 nitrogen and oxygen atoms in total. The van der Waals surface area contributed by atoms with Crippen molar-refractivity contribution in [3.05, 3.63) is 23.8 Å². The van der Waals surface area contributed by atoms with Gasteiger partial charge < -0.3 is 19.5 Å². The summed E-state index contributed by atoms with van der Waals surface area (Å²) < 4.78 is 15.7. The van der Waals surface area contributed by atoms with Gasteiger partial charge in [-0.25, -0.2) is 0 Å². The molecule has 0 radical (unpaired) electrons. The Kier molecular flexibility index (Phi) is 4.69. The Morgan fingerprint density at radius 3 is 2.65 bits per heavy atom. The first-order chi connectivity index (χ1) is 11.2. The smallest absolute Gasteiger partial charge is 0.306 e. The SMILES string of the molecule is COC(=O)CCC(=O)N[C@@H](c1ccc2c(c1)OCCO2)C1CC1. The molecule has 1 aliphatic carbocycles. The van der Waals surface area contributed by atoms with E-state index >= 15 is 0 Å². The molecule has 0 unspecified atom stereocenters. The van der Waals surface area contributed by atoms with Gasteiger partial charge in [0.05, 0.1) is 19.6 Å². The van der Waals surface area contributed by atoms with Crippen molar-refractivity contribution >= 4 is 11.9 Å². The maximum Gasteiger partial charge on any atom is 0.306 e. The molecule has 1 heterocycles. The summed E-state index contributed by atoms with van der Waals surface area (Å²) in [6.45, 7) is 1.10. The van der Waals surface area contributed by atoms with Gasteiger partial charge in [-0.1, -0.05) is 6.07 Å². The van der Waals surface area contributed by atoms with E-state index in [4.69, 9.17) is 9.47 Å². The minimum Gasteiger partial charge on any atom is -0.486 e. The highest BCUT2D eigenvalue weighted by Gasteiger charge is 2.34. The van der Waals surface area contributed by atoms with Gasteiger partial charge in [0.15, 0.2) is 11.5 Å². The first-order valence-electron chi connectivity index (χ1n) is 7.93. The molecule has 1 atom stereocenters. The fraction of sp³-hybridized carbons (Fsp3) is 0.529. The largest absolute Gasteiger partial charge is 0.486 e. The second kappa shape index (κ2) is 6.89. The molecule has 1 aromatic carbocycles. The predicted molar refractivity (Wildman–Crippen MR) is 82.3 cm³/mol. The number of hydrogen-bond donors (Lipinski definition) is 1. The molecule has 1 aromatic rings. The van der Waals surface area contributed by atoms with Crippen LogP contribution in [0.2, 0.25) is 0 Å². The monoisotopic (exact) mass is 319 g/mol. The zero-order chi connectivity index (χ0) is 16.2. The summed E-state index contributed by atoms with van der Waals surface area (Å²) in [7, 11) is 1.32. The molecule has 0 aromatic heterocycles. The summed E-state index contributed by atoms with van der Waals surface area (Å²) in [6, 6.07) is 5.76. The number of carbonyl (C=O) groups excluding carboxylic acids is 2. The summed E-state index contributed by atoms with van der Waals surface area (Å²) in [5.74, 6) is 1.40. The molecule has 2 aliphatic rings. The van der Waals surface area contributed by atoms with Gasteiger partial charge in [0.25, 0.3) is 0 Å². The van der Waals surface area contributed by atoms with Crippen molar-refractivity contribution in [2.24, 2.45) is 5.92 Å². The summed E-state index contributed by atoms with van der Waals surface area (Å²) in [4.78, 5) is 23.2. The lowest BCUT2D eigenvalue weighted by molar-refractivity contribution is -0.142. The number of ether oxygens (including phenoxy) is 3. The number of benzene rings is 1. The molecule has 0 saturated heterocycles. The molecule has 1 fully saturated rings. The van der Waals surface area contributed by atoms with Crippen LogP contribution in [0.1, 0.15) is 37.3 Å². The third-order valence-corrected chi connectivity index (χ3v) is 4.12. The second-order valence-electron chi connectivity index (χ2n) is 5.86. The van der Waals surface area contributed by atoms with Gasteiger partial charge in [-0.2, -0.15) is 0 Å². The van der Waals surface area contributed by atoms with Gasteiger partial charge in [-0.3, -0.25) is 9.59 Å². The lowest BCUT2D eigenvalue weighted by Crippen LogP contribution is -2.30. The minimum atomic E-state index is -0.373. The summed E-state index contributed by atoms with van der Waals surface area (Å²) >= 11 is 0. The van der Waals surface area contributed by atoms with Crippen LogP contribution >= 0.6 is 0 Å². The van der Waals surface area contributed by atoms with Crippen molar-refractivity contribution in [3.63, 3.8) is 0 Å². The normalized spacial score (nSPS) is 17.3. The van der Waals surface area contributed by atoms with E-state index in [0.29, 0.717) is 19.1 Å². The van der Waals surface area contributed by atoms with Crippen LogP contribution in [0.4, 0.5) is 0 Å². The number of carbonyl (C=O) groups is 2. The first-order valence-corrected chi connectivity index (χ1v) is 7.93. The highest BCUT2D eigenvalue weighted by Crippen LogP contribution is 2.43. The molecular weight excluding hydrogens is 298 g/mol. The van der Waals surface area contributed by atoms with Gasteiger partial charge in [-0.15, -0.1) is 0 Å². The second-order valence-corrected chi connectivity index (χ2v) is 5.86. The minimum absolute atomic E-state index is 0.0454. The van der Waals surface area contributed by atoms with E-state index in [9.17, 15) is 9.59 Å². The molecular formula is C17H21NO5. The third kappa shape index (κ3) is 3.94. The Labute approximate surface area is 135 Å². The maximum atomic E-state index is 12.1. The van der Waals surface area contributed by atoms with Crippen molar-refractivity contribution < 1.29 is 23.8 Å². The molecule has 124 valence electrons. The van der Waals surface area contributed by atoms with Crippen LogP contribution < -0.4 is 14.8 Å². The highest BCUT2D eigenvalue weighted by atomic mass is 16.6. The molecule has 0 bridgehead atoms. The molecule has 3 rings (SSSR count). The van der Waals surface area contributed by atoms with Crippen molar-refractivity contribution in [1.29, 1.82) is 0 Å². The average Bonchev–Trinajstić information content (AvgIpc) is 3.42. The van der Waals surface area contributed by atoms with Gasteiger partial charge in [0.2, 0.25) is 5.91 Å². The predicted octanol–water partition coefficient (Wildman–Crippen LogP) is 1.98. The van der Waals surface area contributed by atoms with E-state index in [1.165, 1.54) is 7.11 Å². The molecule has 23 heavy (non-hydrogen) atoms. The molecule has 1 saturated carbocycles. The van der Waals surface area contributed by atoms with Gasteiger partial charge in [0, 0.05) is 6.42 Å². The van der Waals surface area contributed by atoms with E-state index in [-0.39, 0.29) is 30.8 Å². The topological polar surface area (TPSA) is 73.9 Å². The van der Waals surface area contributed by atoms with E-state index in [1.54, 1.807) is 0 Å². The fourth-order valence-electron chi connectivity index (χ4n) is 2.72. The molecule has 1 N–H and O–H groups in total. The fourth-order valence-corrected chi connectivity index (χ4v) is 2.72. The maximum absolute atomic E-state index is 12.1. The summed E-state index contributed by atoms with van der Waals surface area (Å²) in [6.07, 6.45) is 2.42. The lowest BCUT2D eigenvalue weighted by Gasteiger charge is -2.23. The average molecular weight is 319 g/mol. The van der Waals surface area contributed by atoms with Crippen molar-refractivity contribution in [1.82, 2.24) is 5.32 Å². The van der Waals surface area contributed by atoms with Gasteiger partial charge >= 0.3 is 5.97 Å². The first kappa shape index (κ1) is 15.6. The van der Waals surface area contributed by atoms with E-state index in [2.05, 4.69) is 10.1 Å². The zero-order valence-electron chi connectivity index (χ0n) is 13.2. The Hall–Kier alpha value is -2.24. The van der Waals surface area contributed by atoms with Gasteiger partial charge in [0.1, 0.15) is 13.2 Å². The number of methoxy groups -OCH3 is 1. The molecule has 1 amide bonds. The Morgan fingerprint density at radius 2 is 1.96 bits per heavy atom. The van der Waals surface area contributed by atoms with Crippen LogP contribution in [0, 0.1) is 5.92 Å². The third-order valence-electron chi connectivity index (χ3n) is 4.12. The van der Waals surface area contributed by atoms with Crippen LogP contribution in [-0.4, -0.2) is 32.2 Å². The van der Waals surface area contributed by atoms with Crippen LogP contribution in [-0.2, 0) is 14.3 Å². The lowest BCUT2D eigenvalue weighted by atomic mass is 10.0. The molecule has 0 spiro atoms. The van der Waals surface area contributed by atoms with Crippen LogP contribution in [0.3, 0.4) is 0 Å². The van der Waals surface area contributed by atoms with E-state index in [0.717, 1.165) is 29.9 Å². The number of hydrogen-bond acceptors (Lipinski definition) is 5. The van der Waals surface area contributed by atoms with Crippen LogP contribution in [0.25, 0.3) is 0 Å². The summed E-state index contributed by atoms with van der Waals surface area (Å²) in [5, 5.41) is 3.04. The van der Waals surface area contributed by atoms with E-state index in [1.807, 2.05) is 18.2 Å². The Bertz CT molecular complexity index is 597. The summed E-state index contributed by atoms with van der Waals surface area (Å²) in [5.41, 5.74) is 1.02. The standard InChI is InChI=1S/C17H21NO5/c1-21-16(20)7-6-15(19)18-17(11-2-3-11)12-4-5-13-14(10-12)23-9-8-22-13/h4-5,10-11,17H,2-3,6-9H2,1H3,(H,18,19)/t17-/m1/s1. The Balaban J connectivity index is 1.67. The zero-order valence-corrected chi connectivity index (χ0v) is 13.2. The number of nitrogens with one attached hydrogen (secondary N) is 1. The van der Waals surface area contributed by atoms with Crippen molar-refractivity contribution in [3.8, 4) is 11.5 Å². The van der Waals surface area contributed by atoms with Gasteiger partial charge in [-0.05, 0) is 36.5 Å². The molecule has 1 aliphatic heterocycles. The van der Waals surface area contributed by atoms with Crippen molar-refractivity contribution in [2.75, 3.05) is 20.3 Å². The molecule has 6 heteroatoms. The van der Waals surface area contributed by atoms with E-state index < -0.39 is 0 Å². The number of rotatable bonds is 6.